The quantitative estimate of drug-likeness (QED) is 0.620. The van der Waals surface area contributed by atoms with Crippen molar-refractivity contribution in [3.05, 3.63) is 58.9 Å². The van der Waals surface area contributed by atoms with E-state index in [9.17, 15) is 9.18 Å². The Morgan fingerprint density at radius 1 is 1.28 bits per heavy atom. The van der Waals surface area contributed by atoms with Gasteiger partial charge in [-0.1, -0.05) is 5.92 Å². The third-order valence-electron chi connectivity index (χ3n) is 4.07. The zero-order valence-corrected chi connectivity index (χ0v) is 13.9. The van der Waals surface area contributed by atoms with Gasteiger partial charge in [-0.15, -0.1) is 6.42 Å². The maximum atomic E-state index is 13.7. The SMILES string of the molecule is C#Cc1ccc(Nc2cc(F)ccc2C(=O)NOCC2CC2)c(C)c1. The molecule has 1 aliphatic rings. The van der Waals surface area contributed by atoms with E-state index in [1.807, 2.05) is 13.0 Å². The average molecular weight is 338 g/mol. The first-order valence-corrected chi connectivity index (χ1v) is 8.13. The maximum Gasteiger partial charge on any atom is 0.276 e. The van der Waals surface area contributed by atoms with Gasteiger partial charge in [0.2, 0.25) is 0 Å². The van der Waals surface area contributed by atoms with Crippen molar-refractivity contribution >= 4 is 17.3 Å². The van der Waals surface area contributed by atoms with Crippen molar-refractivity contribution in [1.29, 1.82) is 0 Å². The molecule has 2 aromatic carbocycles. The van der Waals surface area contributed by atoms with Crippen LogP contribution in [0.2, 0.25) is 0 Å². The van der Waals surface area contributed by atoms with E-state index in [0.717, 1.165) is 29.7 Å². The molecule has 0 heterocycles. The van der Waals surface area contributed by atoms with E-state index in [1.165, 1.54) is 18.2 Å². The zero-order valence-electron chi connectivity index (χ0n) is 13.9. The van der Waals surface area contributed by atoms with Gasteiger partial charge in [0.05, 0.1) is 17.9 Å². The molecule has 0 spiro atoms. The predicted octanol–water partition coefficient (Wildman–Crippen LogP) is 3.93. The van der Waals surface area contributed by atoms with Gasteiger partial charge in [0, 0.05) is 11.3 Å². The number of carbonyl (C=O) groups excluding carboxylic acids is 1. The highest BCUT2D eigenvalue weighted by molar-refractivity contribution is 5.99. The molecule has 0 unspecified atom stereocenters. The highest BCUT2D eigenvalue weighted by Gasteiger charge is 2.22. The number of halogens is 1. The summed E-state index contributed by atoms with van der Waals surface area (Å²) in [6.07, 6.45) is 7.65. The van der Waals surface area contributed by atoms with Crippen LogP contribution in [0.4, 0.5) is 15.8 Å². The predicted molar refractivity (Wildman–Crippen MR) is 94.9 cm³/mol. The molecule has 25 heavy (non-hydrogen) atoms. The highest BCUT2D eigenvalue weighted by Crippen LogP contribution is 2.29. The molecule has 128 valence electrons. The van der Waals surface area contributed by atoms with Crippen LogP contribution in [0.15, 0.2) is 36.4 Å². The van der Waals surface area contributed by atoms with Gasteiger partial charge in [-0.2, -0.15) is 0 Å². The van der Waals surface area contributed by atoms with Crippen LogP contribution in [0.5, 0.6) is 0 Å². The van der Waals surface area contributed by atoms with Crippen LogP contribution in [0.3, 0.4) is 0 Å². The molecule has 5 heteroatoms. The molecule has 0 aliphatic heterocycles. The molecule has 0 aromatic heterocycles. The maximum absolute atomic E-state index is 13.7. The first-order valence-electron chi connectivity index (χ1n) is 8.13. The van der Waals surface area contributed by atoms with Crippen molar-refractivity contribution in [2.45, 2.75) is 19.8 Å². The van der Waals surface area contributed by atoms with Crippen molar-refractivity contribution in [2.24, 2.45) is 5.92 Å². The number of carbonyl (C=O) groups is 1. The lowest BCUT2D eigenvalue weighted by Crippen LogP contribution is -2.25. The number of hydroxylamine groups is 1. The Morgan fingerprint density at radius 2 is 2.08 bits per heavy atom. The minimum Gasteiger partial charge on any atom is -0.355 e. The third-order valence-corrected chi connectivity index (χ3v) is 4.07. The lowest BCUT2D eigenvalue weighted by atomic mass is 10.1. The summed E-state index contributed by atoms with van der Waals surface area (Å²) < 4.78 is 13.7. The fourth-order valence-corrected chi connectivity index (χ4v) is 2.42. The van der Waals surface area contributed by atoms with Crippen LogP contribution in [0, 0.1) is 31.0 Å². The van der Waals surface area contributed by atoms with Crippen LogP contribution >= 0.6 is 0 Å². The Labute approximate surface area is 146 Å². The van der Waals surface area contributed by atoms with Gasteiger partial charge >= 0.3 is 0 Å². The first kappa shape index (κ1) is 17.0. The van der Waals surface area contributed by atoms with Crippen molar-refractivity contribution in [3.63, 3.8) is 0 Å². The Kier molecular flexibility index (Phi) is 5.01. The summed E-state index contributed by atoms with van der Waals surface area (Å²) in [5, 5.41) is 3.10. The minimum atomic E-state index is -0.434. The number of anilines is 2. The minimum absolute atomic E-state index is 0.303. The summed E-state index contributed by atoms with van der Waals surface area (Å²) in [5.74, 6) is 2.25. The van der Waals surface area contributed by atoms with Crippen molar-refractivity contribution in [2.75, 3.05) is 11.9 Å². The number of aryl methyl sites for hydroxylation is 1. The lowest BCUT2D eigenvalue weighted by molar-refractivity contribution is 0.0271. The fourth-order valence-electron chi connectivity index (χ4n) is 2.42. The summed E-state index contributed by atoms with van der Waals surface area (Å²) in [4.78, 5) is 17.5. The first-order chi connectivity index (χ1) is 12.1. The summed E-state index contributed by atoms with van der Waals surface area (Å²) in [6.45, 7) is 2.39. The number of nitrogens with one attached hydrogen (secondary N) is 2. The van der Waals surface area contributed by atoms with Gasteiger partial charge in [-0.3, -0.25) is 9.63 Å². The Balaban J connectivity index is 1.78. The largest absolute Gasteiger partial charge is 0.355 e. The van der Waals surface area contributed by atoms with Gasteiger partial charge in [-0.25, -0.2) is 9.87 Å². The van der Waals surface area contributed by atoms with Gasteiger partial charge in [0.25, 0.3) is 5.91 Å². The number of terminal acetylenes is 1. The van der Waals surface area contributed by atoms with Crippen LogP contribution in [-0.4, -0.2) is 12.5 Å². The van der Waals surface area contributed by atoms with E-state index >= 15 is 0 Å². The molecule has 1 fully saturated rings. The molecule has 2 aromatic rings. The smallest absolute Gasteiger partial charge is 0.276 e. The molecular formula is C20H19FN2O2. The van der Waals surface area contributed by atoms with Gasteiger partial charge in [0.1, 0.15) is 5.82 Å². The van der Waals surface area contributed by atoms with E-state index in [4.69, 9.17) is 11.3 Å². The highest BCUT2D eigenvalue weighted by atomic mass is 19.1. The second-order valence-electron chi connectivity index (χ2n) is 6.17. The van der Waals surface area contributed by atoms with Crippen LogP contribution in [-0.2, 0) is 4.84 Å². The number of hydrogen-bond acceptors (Lipinski definition) is 3. The summed E-state index contributed by atoms with van der Waals surface area (Å²) in [7, 11) is 0. The lowest BCUT2D eigenvalue weighted by Gasteiger charge is -2.14. The average Bonchev–Trinajstić information content (AvgIpc) is 3.41. The molecule has 0 atom stereocenters. The van der Waals surface area contributed by atoms with E-state index in [2.05, 4.69) is 16.7 Å². The number of amides is 1. The summed E-state index contributed by atoms with van der Waals surface area (Å²) in [6, 6.07) is 9.40. The molecule has 0 saturated heterocycles. The molecule has 1 aliphatic carbocycles. The molecule has 3 rings (SSSR count). The second-order valence-corrected chi connectivity index (χ2v) is 6.17. The number of rotatable bonds is 6. The Bertz CT molecular complexity index is 838. The zero-order chi connectivity index (χ0) is 17.8. The molecular weight excluding hydrogens is 319 g/mol. The molecule has 0 radical (unpaired) electrons. The van der Waals surface area contributed by atoms with Crippen molar-refractivity contribution in [1.82, 2.24) is 5.48 Å². The van der Waals surface area contributed by atoms with Gasteiger partial charge < -0.3 is 5.32 Å². The van der Waals surface area contributed by atoms with Crippen LogP contribution < -0.4 is 10.8 Å². The van der Waals surface area contributed by atoms with Gasteiger partial charge in [0.15, 0.2) is 0 Å². The van der Waals surface area contributed by atoms with E-state index < -0.39 is 11.7 Å². The fraction of sp³-hybridized carbons (Fsp3) is 0.250. The second kappa shape index (κ2) is 7.37. The van der Waals surface area contributed by atoms with Crippen molar-refractivity contribution in [3.8, 4) is 12.3 Å². The summed E-state index contributed by atoms with van der Waals surface area (Å²) in [5.41, 5.74) is 5.49. The molecule has 4 nitrogen and oxygen atoms in total. The van der Waals surface area contributed by atoms with Gasteiger partial charge in [-0.05, 0) is 67.6 Å². The molecule has 2 N–H and O–H groups in total. The number of hydrogen-bond donors (Lipinski definition) is 2. The van der Waals surface area contributed by atoms with Crippen LogP contribution in [0.25, 0.3) is 0 Å². The Morgan fingerprint density at radius 3 is 2.76 bits per heavy atom. The van der Waals surface area contributed by atoms with E-state index in [0.29, 0.717) is 23.8 Å². The molecule has 0 bridgehead atoms. The van der Waals surface area contributed by atoms with E-state index in [1.54, 1.807) is 12.1 Å². The molecule has 1 saturated carbocycles. The monoisotopic (exact) mass is 338 g/mol. The van der Waals surface area contributed by atoms with Crippen molar-refractivity contribution < 1.29 is 14.0 Å². The van der Waals surface area contributed by atoms with E-state index in [-0.39, 0.29) is 0 Å². The normalized spacial score (nSPS) is 13.2. The Hall–Kier alpha value is -2.84. The standard InChI is InChI=1S/C20H19FN2O2/c1-3-14-6-9-18(13(2)10-14)22-19-11-16(21)7-8-17(19)20(24)23-25-12-15-4-5-15/h1,6-11,15,22H,4-5,12H2,2H3,(H,23,24). The van der Waals surface area contributed by atoms with Crippen LogP contribution in [0.1, 0.15) is 34.3 Å². The third kappa shape index (κ3) is 4.37. The number of benzene rings is 2. The topological polar surface area (TPSA) is 50.4 Å². The molecule has 1 amide bonds. The summed E-state index contributed by atoms with van der Waals surface area (Å²) >= 11 is 0.